The predicted molar refractivity (Wildman–Crippen MR) is 59.3 cm³/mol. The van der Waals surface area contributed by atoms with Crippen molar-refractivity contribution in [2.45, 2.75) is 6.92 Å². The largest absolute Gasteiger partial charge is 0.497 e. The Bertz CT molecular complexity index is 430. The number of hydrogen-bond acceptors (Lipinski definition) is 3. The molecule has 0 fully saturated rings. The van der Waals surface area contributed by atoms with Crippen LogP contribution in [0, 0.1) is 0 Å². The molecule has 0 spiro atoms. The third-order valence-electron chi connectivity index (χ3n) is 2.01. The Kier molecular flexibility index (Phi) is 3.83. The molecule has 0 aliphatic rings. The molecule has 0 heterocycles. The van der Waals surface area contributed by atoms with Crippen LogP contribution in [-0.2, 0) is 9.59 Å². The maximum absolute atomic E-state index is 11.1. The zero-order valence-electron chi connectivity index (χ0n) is 9.06. The number of carbonyl (C=O) groups is 2. The molecule has 16 heavy (non-hydrogen) atoms. The molecule has 0 aromatic heterocycles. The van der Waals surface area contributed by atoms with E-state index in [2.05, 4.69) is 0 Å². The van der Waals surface area contributed by atoms with E-state index >= 15 is 0 Å². The van der Waals surface area contributed by atoms with Crippen molar-refractivity contribution in [1.29, 1.82) is 0 Å². The standard InChI is InChI=1S/C12H12O4/c1-8(13)11(12(14)15)7-9-4-3-5-10(6-9)16-2/h3-7H,1-2H3,(H,14,15)/b11-7-. The summed E-state index contributed by atoms with van der Waals surface area (Å²) in [7, 11) is 1.52. The van der Waals surface area contributed by atoms with E-state index in [1.54, 1.807) is 24.3 Å². The van der Waals surface area contributed by atoms with E-state index in [4.69, 9.17) is 9.84 Å². The number of carboxylic acid groups (broad SMARTS) is 1. The van der Waals surface area contributed by atoms with E-state index in [0.717, 1.165) is 0 Å². The zero-order chi connectivity index (χ0) is 12.1. The second-order valence-corrected chi connectivity index (χ2v) is 3.20. The Morgan fingerprint density at radius 1 is 1.38 bits per heavy atom. The number of rotatable bonds is 4. The summed E-state index contributed by atoms with van der Waals surface area (Å²) < 4.78 is 5.00. The summed E-state index contributed by atoms with van der Waals surface area (Å²) >= 11 is 0. The van der Waals surface area contributed by atoms with Crippen molar-refractivity contribution < 1.29 is 19.4 Å². The molecule has 0 atom stereocenters. The number of benzene rings is 1. The minimum absolute atomic E-state index is 0.242. The SMILES string of the molecule is COc1cccc(/C=C(/C(C)=O)C(=O)O)c1. The van der Waals surface area contributed by atoms with Gasteiger partial charge < -0.3 is 9.84 Å². The molecule has 0 unspecified atom stereocenters. The van der Waals surface area contributed by atoms with Gasteiger partial charge in [-0.05, 0) is 30.7 Å². The van der Waals surface area contributed by atoms with Gasteiger partial charge in [0.15, 0.2) is 5.78 Å². The van der Waals surface area contributed by atoms with E-state index in [1.807, 2.05) is 0 Å². The van der Waals surface area contributed by atoms with Gasteiger partial charge in [-0.3, -0.25) is 4.79 Å². The van der Waals surface area contributed by atoms with E-state index < -0.39 is 11.8 Å². The Hall–Kier alpha value is -2.10. The average molecular weight is 220 g/mol. The molecule has 1 N–H and O–H groups in total. The van der Waals surface area contributed by atoms with Gasteiger partial charge in [-0.25, -0.2) is 4.79 Å². The molecule has 4 nitrogen and oxygen atoms in total. The van der Waals surface area contributed by atoms with Gasteiger partial charge in [0.05, 0.1) is 7.11 Å². The lowest BCUT2D eigenvalue weighted by Gasteiger charge is -2.01. The van der Waals surface area contributed by atoms with Crippen molar-refractivity contribution in [2.24, 2.45) is 0 Å². The van der Waals surface area contributed by atoms with Gasteiger partial charge in [0.1, 0.15) is 11.3 Å². The highest BCUT2D eigenvalue weighted by molar-refractivity contribution is 6.19. The number of methoxy groups -OCH3 is 1. The van der Waals surface area contributed by atoms with Crippen LogP contribution in [0.3, 0.4) is 0 Å². The molecular formula is C12H12O4. The predicted octanol–water partition coefficient (Wildman–Crippen LogP) is 1.75. The monoisotopic (exact) mass is 220 g/mol. The number of Topliss-reactive ketones (excluding diaryl/α,β-unsaturated/α-hetero) is 1. The molecule has 0 aliphatic heterocycles. The van der Waals surface area contributed by atoms with Crippen LogP contribution in [0.15, 0.2) is 29.8 Å². The first-order chi connectivity index (χ1) is 7.54. The van der Waals surface area contributed by atoms with Crippen LogP contribution in [0.2, 0.25) is 0 Å². The molecule has 1 aromatic carbocycles. The van der Waals surface area contributed by atoms with Gasteiger partial charge in [0.2, 0.25) is 0 Å². The fourth-order valence-electron chi connectivity index (χ4n) is 1.21. The van der Waals surface area contributed by atoms with Crippen LogP contribution in [0.25, 0.3) is 6.08 Å². The molecule has 84 valence electrons. The molecule has 4 heteroatoms. The highest BCUT2D eigenvalue weighted by Gasteiger charge is 2.12. The Labute approximate surface area is 93.2 Å². The number of ether oxygens (including phenoxy) is 1. The molecule has 0 saturated heterocycles. The minimum Gasteiger partial charge on any atom is -0.497 e. The number of aliphatic carboxylic acids is 1. The van der Waals surface area contributed by atoms with Gasteiger partial charge in [-0.15, -0.1) is 0 Å². The Balaban J connectivity index is 3.12. The van der Waals surface area contributed by atoms with Gasteiger partial charge in [0.25, 0.3) is 0 Å². The van der Waals surface area contributed by atoms with E-state index in [9.17, 15) is 9.59 Å². The fourth-order valence-corrected chi connectivity index (χ4v) is 1.21. The van der Waals surface area contributed by atoms with Crippen molar-refractivity contribution in [3.63, 3.8) is 0 Å². The first kappa shape index (κ1) is 12.0. The molecule has 1 rings (SSSR count). The van der Waals surface area contributed by atoms with Crippen molar-refractivity contribution in [3.05, 3.63) is 35.4 Å². The number of ketones is 1. The van der Waals surface area contributed by atoms with Crippen molar-refractivity contribution >= 4 is 17.8 Å². The van der Waals surface area contributed by atoms with Gasteiger partial charge in [-0.1, -0.05) is 12.1 Å². The van der Waals surface area contributed by atoms with Crippen molar-refractivity contribution in [2.75, 3.05) is 7.11 Å². The highest BCUT2D eigenvalue weighted by Crippen LogP contribution is 2.15. The Morgan fingerprint density at radius 3 is 2.56 bits per heavy atom. The number of carboxylic acids is 1. The molecule has 0 saturated carbocycles. The summed E-state index contributed by atoms with van der Waals surface area (Å²) in [6.07, 6.45) is 1.33. The van der Waals surface area contributed by atoms with Crippen LogP contribution < -0.4 is 4.74 Å². The molecule has 0 radical (unpaired) electrons. The summed E-state index contributed by atoms with van der Waals surface area (Å²) in [5.41, 5.74) is 0.375. The first-order valence-electron chi connectivity index (χ1n) is 4.64. The van der Waals surface area contributed by atoms with E-state index in [1.165, 1.54) is 20.1 Å². The van der Waals surface area contributed by atoms with Crippen LogP contribution in [0.1, 0.15) is 12.5 Å². The summed E-state index contributed by atoms with van der Waals surface area (Å²) in [4.78, 5) is 21.8. The van der Waals surface area contributed by atoms with Gasteiger partial charge in [-0.2, -0.15) is 0 Å². The maximum atomic E-state index is 11.1. The van der Waals surface area contributed by atoms with E-state index in [-0.39, 0.29) is 5.57 Å². The third kappa shape index (κ3) is 2.95. The Morgan fingerprint density at radius 2 is 2.06 bits per heavy atom. The normalized spacial score (nSPS) is 11.0. The topological polar surface area (TPSA) is 63.6 Å². The molecule has 0 aliphatic carbocycles. The van der Waals surface area contributed by atoms with Crippen LogP contribution in [0.4, 0.5) is 0 Å². The zero-order valence-corrected chi connectivity index (χ0v) is 9.06. The lowest BCUT2D eigenvalue weighted by Crippen LogP contribution is -2.08. The summed E-state index contributed by atoms with van der Waals surface area (Å²) in [6.45, 7) is 1.22. The van der Waals surface area contributed by atoms with Gasteiger partial charge >= 0.3 is 5.97 Å². The van der Waals surface area contributed by atoms with Crippen LogP contribution >= 0.6 is 0 Å². The molecule has 1 aromatic rings. The van der Waals surface area contributed by atoms with Crippen molar-refractivity contribution in [3.8, 4) is 5.75 Å². The smallest absolute Gasteiger partial charge is 0.339 e. The molecule has 0 amide bonds. The highest BCUT2D eigenvalue weighted by atomic mass is 16.5. The molecule has 0 bridgehead atoms. The quantitative estimate of drug-likeness (QED) is 0.477. The lowest BCUT2D eigenvalue weighted by molar-refractivity contribution is -0.134. The summed E-state index contributed by atoms with van der Waals surface area (Å²) in [5.74, 6) is -1.09. The second-order valence-electron chi connectivity index (χ2n) is 3.20. The number of carbonyl (C=O) groups excluding carboxylic acids is 1. The minimum atomic E-state index is -1.23. The van der Waals surface area contributed by atoms with E-state index in [0.29, 0.717) is 11.3 Å². The fraction of sp³-hybridized carbons (Fsp3) is 0.167. The van der Waals surface area contributed by atoms with Crippen LogP contribution in [-0.4, -0.2) is 24.0 Å². The second kappa shape index (κ2) is 5.11. The summed E-state index contributed by atoms with van der Waals surface area (Å²) in [5, 5.41) is 8.81. The average Bonchev–Trinajstić information content (AvgIpc) is 2.25. The lowest BCUT2D eigenvalue weighted by atomic mass is 10.1. The molecular weight excluding hydrogens is 208 g/mol. The third-order valence-corrected chi connectivity index (χ3v) is 2.01. The van der Waals surface area contributed by atoms with Crippen LogP contribution in [0.5, 0.6) is 5.75 Å². The first-order valence-corrected chi connectivity index (χ1v) is 4.64. The van der Waals surface area contributed by atoms with Crippen molar-refractivity contribution in [1.82, 2.24) is 0 Å². The van der Waals surface area contributed by atoms with Gasteiger partial charge in [0, 0.05) is 0 Å². The number of hydrogen-bond donors (Lipinski definition) is 1. The maximum Gasteiger partial charge on any atom is 0.339 e. The summed E-state index contributed by atoms with van der Waals surface area (Å²) in [6, 6.07) is 6.83.